The molecule has 8 aromatic carbocycles. The van der Waals surface area contributed by atoms with Crippen molar-refractivity contribution in [3.8, 4) is 78.1 Å². The SMILES string of the molecule is CC1(C)c2ccccc2-c2c(-c3cccc(-c4cc(-c5ccc(-c6ccccc6)cc5)nc(-c5ccc(-c6ccccc6)cc5)c4)c3)cc3ccccc3c21. The molecule has 0 fully saturated rings. The Morgan fingerprint density at radius 2 is 0.836 bits per heavy atom. The van der Waals surface area contributed by atoms with Gasteiger partial charge in [0.05, 0.1) is 11.4 Å². The summed E-state index contributed by atoms with van der Waals surface area (Å²) in [7, 11) is 0. The second kappa shape index (κ2) is 13.2. The summed E-state index contributed by atoms with van der Waals surface area (Å²) < 4.78 is 0. The van der Waals surface area contributed by atoms with Crippen LogP contribution in [0.5, 0.6) is 0 Å². The highest BCUT2D eigenvalue weighted by molar-refractivity contribution is 6.05. The van der Waals surface area contributed by atoms with Gasteiger partial charge in [0.15, 0.2) is 0 Å². The Hall–Kier alpha value is -6.83. The summed E-state index contributed by atoms with van der Waals surface area (Å²) in [5.41, 5.74) is 19.0. The molecule has 0 saturated carbocycles. The van der Waals surface area contributed by atoms with Crippen LogP contribution in [0.25, 0.3) is 88.9 Å². The van der Waals surface area contributed by atoms with Gasteiger partial charge in [-0.3, -0.25) is 0 Å². The molecule has 1 aliphatic rings. The third-order valence-corrected chi connectivity index (χ3v) is 11.5. The summed E-state index contributed by atoms with van der Waals surface area (Å²) in [5.74, 6) is 0. The fraction of sp³-hybridized carbons (Fsp3) is 0.0556. The number of aromatic nitrogens is 1. The van der Waals surface area contributed by atoms with Crippen LogP contribution in [0.3, 0.4) is 0 Å². The van der Waals surface area contributed by atoms with Crippen molar-refractivity contribution < 1.29 is 0 Å². The van der Waals surface area contributed by atoms with Crippen LogP contribution < -0.4 is 0 Å². The van der Waals surface area contributed by atoms with Crippen molar-refractivity contribution in [3.63, 3.8) is 0 Å². The molecule has 0 spiro atoms. The van der Waals surface area contributed by atoms with Crippen LogP contribution in [0, 0.1) is 0 Å². The lowest BCUT2D eigenvalue weighted by Gasteiger charge is -2.24. The van der Waals surface area contributed by atoms with Crippen molar-refractivity contribution in [2.75, 3.05) is 0 Å². The van der Waals surface area contributed by atoms with Crippen LogP contribution in [0.4, 0.5) is 0 Å². The zero-order valence-corrected chi connectivity index (χ0v) is 31.0. The van der Waals surface area contributed by atoms with E-state index in [9.17, 15) is 0 Å². The first-order valence-electron chi connectivity index (χ1n) is 19.1. The topological polar surface area (TPSA) is 12.9 Å². The molecule has 0 N–H and O–H groups in total. The van der Waals surface area contributed by atoms with Crippen LogP contribution in [0.2, 0.25) is 0 Å². The summed E-state index contributed by atoms with van der Waals surface area (Å²) >= 11 is 0. The Kier molecular flexibility index (Phi) is 7.89. The van der Waals surface area contributed by atoms with Gasteiger partial charge in [0.1, 0.15) is 0 Å². The fourth-order valence-electron chi connectivity index (χ4n) is 8.67. The molecule has 0 amide bonds. The first-order chi connectivity index (χ1) is 27.0. The van der Waals surface area contributed by atoms with Gasteiger partial charge < -0.3 is 0 Å². The van der Waals surface area contributed by atoms with Gasteiger partial charge in [-0.2, -0.15) is 0 Å². The first-order valence-corrected chi connectivity index (χ1v) is 19.1. The molecule has 0 saturated heterocycles. The van der Waals surface area contributed by atoms with Crippen molar-refractivity contribution >= 4 is 10.8 Å². The Morgan fingerprint density at radius 3 is 1.47 bits per heavy atom. The number of benzene rings is 8. The molecule has 9 aromatic rings. The maximum atomic E-state index is 5.31. The second-order valence-corrected chi connectivity index (χ2v) is 15.2. The van der Waals surface area contributed by atoms with E-state index >= 15 is 0 Å². The highest BCUT2D eigenvalue weighted by Crippen LogP contribution is 2.55. The predicted octanol–water partition coefficient (Wildman–Crippen LogP) is 14.5. The summed E-state index contributed by atoms with van der Waals surface area (Å²) in [5, 5.41) is 2.60. The third-order valence-electron chi connectivity index (χ3n) is 11.5. The van der Waals surface area contributed by atoms with Crippen LogP contribution >= 0.6 is 0 Å². The molecular weight excluding hydrogens is 663 g/mol. The average Bonchev–Trinajstić information content (AvgIpc) is 3.50. The minimum absolute atomic E-state index is 0.111. The molecule has 0 bridgehead atoms. The normalized spacial score (nSPS) is 12.7. The maximum Gasteiger partial charge on any atom is 0.0715 e. The average molecular weight is 702 g/mol. The lowest BCUT2D eigenvalue weighted by Crippen LogP contribution is -2.15. The van der Waals surface area contributed by atoms with Gasteiger partial charge in [-0.15, -0.1) is 0 Å². The van der Waals surface area contributed by atoms with E-state index in [0.29, 0.717) is 0 Å². The van der Waals surface area contributed by atoms with Gasteiger partial charge in [0, 0.05) is 16.5 Å². The van der Waals surface area contributed by atoms with E-state index in [1.807, 2.05) is 0 Å². The van der Waals surface area contributed by atoms with Gasteiger partial charge in [-0.05, 0) is 102 Å². The number of hydrogen-bond donors (Lipinski definition) is 0. The Balaban J connectivity index is 1.12. The molecule has 10 rings (SSSR count). The van der Waals surface area contributed by atoms with Crippen LogP contribution in [-0.2, 0) is 5.41 Å². The quantitative estimate of drug-likeness (QED) is 0.168. The molecule has 0 radical (unpaired) electrons. The molecule has 260 valence electrons. The zero-order valence-electron chi connectivity index (χ0n) is 31.0. The molecule has 1 heterocycles. The van der Waals surface area contributed by atoms with Crippen molar-refractivity contribution in [1.82, 2.24) is 4.98 Å². The van der Waals surface area contributed by atoms with E-state index in [-0.39, 0.29) is 5.41 Å². The molecule has 1 aliphatic carbocycles. The van der Waals surface area contributed by atoms with Crippen LogP contribution in [0.15, 0.2) is 200 Å². The van der Waals surface area contributed by atoms with Gasteiger partial charge in [-0.1, -0.05) is 190 Å². The van der Waals surface area contributed by atoms with Crippen molar-refractivity contribution in [2.45, 2.75) is 19.3 Å². The summed E-state index contributed by atoms with van der Waals surface area (Å²) in [6.07, 6.45) is 0. The molecule has 0 unspecified atom stereocenters. The number of pyridine rings is 1. The number of fused-ring (bicyclic) bond motifs is 5. The van der Waals surface area contributed by atoms with Gasteiger partial charge in [0.2, 0.25) is 0 Å². The van der Waals surface area contributed by atoms with E-state index in [1.165, 1.54) is 66.4 Å². The molecule has 1 heteroatoms. The van der Waals surface area contributed by atoms with E-state index in [0.717, 1.165) is 33.6 Å². The highest BCUT2D eigenvalue weighted by atomic mass is 14.7. The van der Waals surface area contributed by atoms with Gasteiger partial charge in [-0.25, -0.2) is 4.98 Å². The molecule has 55 heavy (non-hydrogen) atoms. The van der Waals surface area contributed by atoms with E-state index < -0.39 is 0 Å². The summed E-state index contributed by atoms with van der Waals surface area (Å²) in [4.78, 5) is 5.31. The second-order valence-electron chi connectivity index (χ2n) is 15.2. The van der Waals surface area contributed by atoms with Crippen LogP contribution in [-0.4, -0.2) is 4.98 Å². The smallest absolute Gasteiger partial charge is 0.0715 e. The third kappa shape index (κ3) is 5.77. The van der Waals surface area contributed by atoms with Crippen LogP contribution in [0.1, 0.15) is 25.0 Å². The number of nitrogens with zero attached hydrogens (tertiary/aromatic N) is 1. The minimum Gasteiger partial charge on any atom is -0.248 e. The van der Waals surface area contributed by atoms with Crippen molar-refractivity contribution in [3.05, 3.63) is 211 Å². The lowest BCUT2D eigenvalue weighted by atomic mass is 9.79. The van der Waals surface area contributed by atoms with Crippen molar-refractivity contribution in [2.24, 2.45) is 0 Å². The zero-order chi connectivity index (χ0) is 36.9. The molecular formula is C54H39N. The molecule has 0 atom stereocenters. The molecule has 0 aliphatic heterocycles. The summed E-state index contributed by atoms with van der Waals surface area (Å²) in [6.45, 7) is 4.76. The van der Waals surface area contributed by atoms with E-state index in [1.54, 1.807) is 0 Å². The Morgan fingerprint density at radius 1 is 0.345 bits per heavy atom. The monoisotopic (exact) mass is 701 g/mol. The van der Waals surface area contributed by atoms with E-state index in [4.69, 9.17) is 4.98 Å². The highest BCUT2D eigenvalue weighted by Gasteiger charge is 2.38. The molecule has 1 aromatic heterocycles. The lowest BCUT2D eigenvalue weighted by molar-refractivity contribution is 0.666. The first kappa shape index (κ1) is 32.8. The summed E-state index contributed by atoms with van der Waals surface area (Å²) in [6, 6.07) is 72.5. The fourth-order valence-corrected chi connectivity index (χ4v) is 8.67. The standard InChI is InChI=1S/C54H39N/c1-54(2)49-23-12-11-22-47(49)52-48(33-44-18-9-10-21-46(44)53(52)54)43-20-13-19-42(32-43)45-34-50(40-28-24-38(25-29-40)36-14-5-3-6-15-36)55-51(35-45)41-30-26-39(27-31-41)37-16-7-4-8-17-37/h3-35H,1-2H3. The van der Waals surface area contributed by atoms with Crippen molar-refractivity contribution in [1.29, 1.82) is 0 Å². The molecule has 1 nitrogen and oxygen atoms in total. The Labute approximate surface area is 323 Å². The minimum atomic E-state index is -0.111. The van der Waals surface area contributed by atoms with Gasteiger partial charge in [0.25, 0.3) is 0 Å². The largest absolute Gasteiger partial charge is 0.248 e. The Bertz CT molecular complexity index is 2750. The van der Waals surface area contributed by atoms with Gasteiger partial charge >= 0.3 is 0 Å². The number of rotatable bonds is 6. The maximum absolute atomic E-state index is 5.31. The predicted molar refractivity (Wildman–Crippen MR) is 232 cm³/mol. The number of hydrogen-bond acceptors (Lipinski definition) is 1. The van der Waals surface area contributed by atoms with E-state index in [2.05, 4.69) is 214 Å².